The molecule has 2 atom stereocenters. The van der Waals surface area contributed by atoms with Crippen LogP contribution in [0.2, 0.25) is 0 Å². The highest BCUT2D eigenvalue weighted by Gasteiger charge is 2.37. The second-order valence-electron chi connectivity index (χ2n) is 11.6. The molecule has 2 heterocycles. The van der Waals surface area contributed by atoms with Gasteiger partial charge in [-0.05, 0) is 60.4 Å². The number of nitrogens with zero attached hydrogens (tertiary/aromatic N) is 3. The number of rotatable bonds is 8. The number of aryl methyl sites for hydroxylation is 1. The van der Waals surface area contributed by atoms with Gasteiger partial charge in [0.1, 0.15) is 11.7 Å². The lowest BCUT2D eigenvalue weighted by Gasteiger charge is -2.41. The van der Waals surface area contributed by atoms with Crippen LogP contribution >= 0.6 is 0 Å². The van der Waals surface area contributed by atoms with E-state index in [1.807, 2.05) is 46.4 Å². The fourth-order valence-corrected chi connectivity index (χ4v) is 5.38. The lowest BCUT2D eigenvalue weighted by atomic mass is 9.84. The summed E-state index contributed by atoms with van der Waals surface area (Å²) in [4.78, 5) is 31.9. The number of aliphatic imine (C=N–C) groups is 1. The van der Waals surface area contributed by atoms with Crippen molar-refractivity contribution in [2.24, 2.45) is 28.0 Å². The molecule has 1 unspecified atom stereocenters. The highest BCUT2D eigenvalue weighted by molar-refractivity contribution is 6.05. The maximum atomic E-state index is 15.7. The lowest BCUT2D eigenvalue weighted by Crippen LogP contribution is -2.47. The number of carbonyl (C=O) groups excluding carboxylic acids is 2. The number of amides is 1. The fraction of sp³-hybridized carbons (Fsp3) is 0.516. The molecule has 1 aromatic rings. The van der Waals surface area contributed by atoms with Gasteiger partial charge in [0.05, 0.1) is 17.5 Å². The summed E-state index contributed by atoms with van der Waals surface area (Å²) in [5.74, 6) is -1.47. The number of hydrogen-bond acceptors (Lipinski definition) is 5. The Morgan fingerprint density at radius 2 is 1.97 bits per heavy atom. The number of likely N-dealkylation sites (tertiary alicyclic amines) is 1. The highest BCUT2D eigenvalue weighted by atomic mass is 19.1. The van der Waals surface area contributed by atoms with Crippen LogP contribution in [-0.2, 0) is 11.2 Å². The van der Waals surface area contributed by atoms with Crippen molar-refractivity contribution in [3.63, 3.8) is 0 Å². The molecular formula is C31H42F2N4O2. The minimum Gasteiger partial charge on any atom is -0.382 e. The van der Waals surface area contributed by atoms with Gasteiger partial charge in [-0.3, -0.25) is 14.5 Å². The Bertz CT molecular complexity index is 1230. The number of piperidine rings is 1. The van der Waals surface area contributed by atoms with Gasteiger partial charge < -0.3 is 10.6 Å². The Morgan fingerprint density at radius 1 is 1.28 bits per heavy atom. The fourth-order valence-electron chi connectivity index (χ4n) is 5.38. The first-order valence-corrected chi connectivity index (χ1v) is 13.8. The van der Waals surface area contributed by atoms with Gasteiger partial charge in [-0.25, -0.2) is 9.38 Å². The van der Waals surface area contributed by atoms with Crippen LogP contribution in [0.4, 0.5) is 8.78 Å². The molecule has 0 saturated carbocycles. The average molecular weight is 541 g/mol. The number of benzene rings is 1. The summed E-state index contributed by atoms with van der Waals surface area (Å²) in [5.41, 5.74) is 8.76. The maximum absolute atomic E-state index is 15.7. The van der Waals surface area contributed by atoms with E-state index in [-0.39, 0.29) is 29.1 Å². The molecule has 1 aromatic carbocycles. The van der Waals surface area contributed by atoms with E-state index in [4.69, 9.17) is 5.73 Å². The first-order chi connectivity index (χ1) is 18.3. The van der Waals surface area contributed by atoms with Gasteiger partial charge in [0, 0.05) is 30.1 Å². The van der Waals surface area contributed by atoms with Gasteiger partial charge >= 0.3 is 0 Å². The van der Waals surface area contributed by atoms with Crippen molar-refractivity contribution in [1.29, 1.82) is 0 Å². The molecule has 1 saturated heterocycles. The van der Waals surface area contributed by atoms with Crippen LogP contribution in [0.3, 0.4) is 0 Å². The Balaban J connectivity index is 2.19. The Kier molecular flexibility index (Phi) is 9.51. The molecule has 0 spiro atoms. The van der Waals surface area contributed by atoms with Crippen molar-refractivity contribution in [1.82, 2.24) is 9.80 Å². The zero-order valence-corrected chi connectivity index (χ0v) is 24.1. The van der Waals surface area contributed by atoms with Crippen LogP contribution in [0.15, 0.2) is 47.2 Å². The number of allylic oxidation sites excluding steroid dienone is 1. The van der Waals surface area contributed by atoms with Crippen LogP contribution < -0.4 is 5.73 Å². The Labute approximate surface area is 231 Å². The van der Waals surface area contributed by atoms with Gasteiger partial charge in [0.15, 0.2) is 6.29 Å². The standard InChI is InChI=1S/C31H42F2N4O2/c1-8-11-21-14-23(18-38)25(32)15-24(21)27(19(3)9-2)28-29(34)35-16-26(33)37(28)20(4)22-12-10-13-36(17-22)30(39)31(5,6)7/h14-16,18-19,22H,4,8-13,17H2,1-3,5-7H3,(H2,34,35)/b28-27+/t19?,22-/m1/s1. The number of hydrogen-bond donors (Lipinski definition) is 1. The van der Waals surface area contributed by atoms with Crippen LogP contribution in [0.1, 0.15) is 88.7 Å². The molecule has 212 valence electrons. The molecule has 1 amide bonds. The van der Waals surface area contributed by atoms with Crippen molar-refractivity contribution in [2.75, 3.05) is 13.1 Å². The zero-order chi connectivity index (χ0) is 29.1. The van der Waals surface area contributed by atoms with Gasteiger partial charge in [-0.2, -0.15) is 4.39 Å². The smallest absolute Gasteiger partial charge is 0.227 e. The van der Waals surface area contributed by atoms with Crippen molar-refractivity contribution in [3.8, 4) is 0 Å². The third-order valence-corrected chi connectivity index (χ3v) is 7.62. The first-order valence-electron chi connectivity index (χ1n) is 13.8. The highest BCUT2D eigenvalue weighted by Crippen LogP contribution is 2.41. The zero-order valence-electron chi connectivity index (χ0n) is 24.1. The normalized spacial score (nSPS) is 20.3. The lowest BCUT2D eigenvalue weighted by molar-refractivity contribution is -0.141. The van der Waals surface area contributed by atoms with E-state index in [9.17, 15) is 9.59 Å². The molecule has 2 aliphatic heterocycles. The van der Waals surface area contributed by atoms with Crippen molar-refractivity contribution in [2.45, 2.75) is 73.6 Å². The summed E-state index contributed by atoms with van der Waals surface area (Å²) in [6.07, 6.45) is 5.14. The van der Waals surface area contributed by atoms with Gasteiger partial charge in [0.2, 0.25) is 11.9 Å². The van der Waals surface area contributed by atoms with Crippen LogP contribution in [0.5, 0.6) is 0 Å². The Hall–Kier alpha value is -3.29. The molecule has 39 heavy (non-hydrogen) atoms. The largest absolute Gasteiger partial charge is 0.382 e. The molecule has 0 bridgehead atoms. The molecule has 6 nitrogen and oxygen atoms in total. The van der Waals surface area contributed by atoms with Gasteiger partial charge in [-0.1, -0.05) is 54.5 Å². The Morgan fingerprint density at radius 3 is 2.56 bits per heavy atom. The van der Waals surface area contributed by atoms with E-state index in [1.165, 1.54) is 11.0 Å². The topological polar surface area (TPSA) is 79.0 Å². The SMILES string of the molecule is C=C([C@@H]1CCCN(C(=O)C(C)(C)C)C1)N1C(F)=CN=C(N)/C1=C(\c1cc(F)c(C=O)cc1CCC)C(C)CC. The van der Waals surface area contributed by atoms with Crippen LogP contribution in [0, 0.1) is 23.1 Å². The summed E-state index contributed by atoms with van der Waals surface area (Å²) < 4.78 is 30.8. The van der Waals surface area contributed by atoms with Crippen LogP contribution in [0.25, 0.3) is 5.57 Å². The third-order valence-electron chi connectivity index (χ3n) is 7.62. The minimum absolute atomic E-state index is 0.0147. The van der Waals surface area contributed by atoms with Gasteiger partial charge in [-0.15, -0.1) is 0 Å². The van der Waals surface area contributed by atoms with Crippen molar-refractivity contribution < 1.29 is 18.4 Å². The van der Waals surface area contributed by atoms with Crippen molar-refractivity contribution in [3.05, 3.63) is 64.8 Å². The minimum atomic E-state index is -0.641. The molecule has 0 aliphatic carbocycles. The van der Waals surface area contributed by atoms with E-state index in [0.29, 0.717) is 54.7 Å². The quantitative estimate of drug-likeness (QED) is 0.298. The number of nitrogens with two attached hydrogens (primary N) is 1. The van der Waals surface area contributed by atoms with Crippen molar-refractivity contribution >= 4 is 23.6 Å². The molecule has 8 heteroatoms. The van der Waals surface area contributed by atoms with Crippen LogP contribution in [-0.4, -0.2) is 40.9 Å². The molecule has 2 N–H and O–H groups in total. The summed E-state index contributed by atoms with van der Waals surface area (Å²) in [5, 5.41) is 0. The third kappa shape index (κ3) is 6.31. The number of carbonyl (C=O) groups is 2. The number of amidine groups is 1. The van der Waals surface area contributed by atoms with E-state index in [0.717, 1.165) is 31.0 Å². The first kappa shape index (κ1) is 30.3. The monoisotopic (exact) mass is 540 g/mol. The molecule has 3 rings (SSSR count). The molecule has 2 aliphatic rings. The predicted molar refractivity (Wildman–Crippen MR) is 153 cm³/mol. The van der Waals surface area contributed by atoms with E-state index < -0.39 is 17.2 Å². The predicted octanol–water partition coefficient (Wildman–Crippen LogP) is 6.59. The second-order valence-corrected chi connectivity index (χ2v) is 11.6. The van der Waals surface area contributed by atoms with E-state index >= 15 is 8.78 Å². The summed E-state index contributed by atoms with van der Waals surface area (Å²) in [6, 6.07) is 2.93. The second kappa shape index (κ2) is 12.3. The number of halogens is 2. The molecule has 0 aromatic heterocycles. The average Bonchev–Trinajstić information content (AvgIpc) is 2.90. The molecular weight excluding hydrogens is 498 g/mol. The van der Waals surface area contributed by atoms with Gasteiger partial charge in [0.25, 0.3) is 0 Å². The molecule has 0 radical (unpaired) electrons. The maximum Gasteiger partial charge on any atom is 0.227 e. The van der Waals surface area contributed by atoms with E-state index in [1.54, 1.807) is 6.07 Å². The summed E-state index contributed by atoms with van der Waals surface area (Å²) in [6.45, 7) is 17.0. The number of aldehydes is 1. The summed E-state index contributed by atoms with van der Waals surface area (Å²) in [7, 11) is 0. The van der Waals surface area contributed by atoms with E-state index in [2.05, 4.69) is 11.6 Å². The summed E-state index contributed by atoms with van der Waals surface area (Å²) >= 11 is 0. The molecule has 1 fully saturated rings.